The summed E-state index contributed by atoms with van der Waals surface area (Å²) in [6.45, 7) is 0.621. The lowest BCUT2D eigenvalue weighted by Crippen LogP contribution is -2.49. The van der Waals surface area contributed by atoms with Gasteiger partial charge in [-0.3, -0.25) is 4.79 Å². The van der Waals surface area contributed by atoms with E-state index in [0.29, 0.717) is 19.4 Å². The van der Waals surface area contributed by atoms with Crippen LogP contribution in [-0.4, -0.2) is 30.6 Å². The maximum atomic E-state index is 13.7. The number of carbonyl (C=O) groups is 2. The first-order valence-electron chi connectivity index (χ1n) is 7.85. The van der Waals surface area contributed by atoms with Gasteiger partial charge in [0.25, 0.3) is 0 Å². The van der Waals surface area contributed by atoms with Gasteiger partial charge in [0.1, 0.15) is 17.7 Å². The summed E-state index contributed by atoms with van der Waals surface area (Å²) in [4.78, 5) is 23.8. The van der Waals surface area contributed by atoms with Gasteiger partial charge in [0, 0.05) is 24.1 Å². The summed E-state index contributed by atoms with van der Waals surface area (Å²) in [5.41, 5.74) is 0.0185. The lowest BCUT2D eigenvalue weighted by molar-refractivity contribution is -0.122. The number of carbonyl (C=O) groups excluding carboxylic acids is 2. The van der Waals surface area contributed by atoms with Crippen molar-refractivity contribution >= 4 is 11.9 Å². The molecule has 2 aliphatic rings. The minimum absolute atomic E-state index is 0.0185. The minimum atomic E-state index is -0.595. The number of urea groups is 1. The number of hydrogen-bond acceptors (Lipinski definition) is 2. The molecule has 0 aromatic heterocycles. The summed E-state index contributed by atoms with van der Waals surface area (Å²) >= 11 is 0. The van der Waals surface area contributed by atoms with Crippen LogP contribution in [-0.2, 0) is 4.79 Å². The van der Waals surface area contributed by atoms with Crippen LogP contribution < -0.4 is 16.0 Å². The normalized spacial score (nSPS) is 26.9. The number of amides is 3. The summed E-state index contributed by atoms with van der Waals surface area (Å²) in [5, 5.41) is 8.05. The molecule has 3 N–H and O–H groups in total. The molecule has 1 aromatic carbocycles. The van der Waals surface area contributed by atoms with E-state index in [1.54, 1.807) is 0 Å². The zero-order valence-corrected chi connectivity index (χ0v) is 12.6. The third-order valence-corrected chi connectivity index (χ3v) is 4.32. The minimum Gasteiger partial charge on any atom is -0.354 e. The van der Waals surface area contributed by atoms with Crippen molar-refractivity contribution in [3.63, 3.8) is 0 Å². The van der Waals surface area contributed by atoms with Crippen molar-refractivity contribution in [2.75, 3.05) is 6.54 Å². The van der Waals surface area contributed by atoms with E-state index in [0.717, 1.165) is 12.8 Å². The molecule has 1 unspecified atom stereocenters. The Hall–Kier alpha value is -2.18. The van der Waals surface area contributed by atoms with E-state index in [9.17, 15) is 18.4 Å². The van der Waals surface area contributed by atoms with Crippen molar-refractivity contribution in [3.05, 3.63) is 35.4 Å². The molecule has 1 saturated carbocycles. The fourth-order valence-electron chi connectivity index (χ4n) is 2.98. The topological polar surface area (TPSA) is 70.2 Å². The van der Waals surface area contributed by atoms with Crippen molar-refractivity contribution in [2.45, 2.75) is 43.7 Å². The summed E-state index contributed by atoms with van der Waals surface area (Å²) in [6.07, 6.45) is 2.83. The van der Waals surface area contributed by atoms with Crippen LogP contribution in [0.2, 0.25) is 0 Å². The van der Waals surface area contributed by atoms with E-state index in [2.05, 4.69) is 16.0 Å². The van der Waals surface area contributed by atoms with E-state index >= 15 is 0 Å². The highest BCUT2D eigenvalue weighted by Gasteiger charge is 2.43. The zero-order chi connectivity index (χ0) is 16.4. The number of rotatable bonds is 3. The van der Waals surface area contributed by atoms with Crippen molar-refractivity contribution < 1.29 is 18.4 Å². The lowest BCUT2D eigenvalue weighted by atomic mass is 10.1. The summed E-state index contributed by atoms with van der Waals surface area (Å²) in [5.74, 6) is -1.74. The molecule has 3 atom stereocenters. The zero-order valence-electron chi connectivity index (χ0n) is 12.6. The Morgan fingerprint density at radius 1 is 1.17 bits per heavy atom. The van der Waals surface area contributed by atoms with Crippen LogP contribution in [0.3, 0.4) is 0 Å². The van der Waals surface area contributed by atoms with Crippen LogP contribution in [0, 0.1) is 11.6 Å². The quantitative estimate of drug-likeness (QED) is 0.794. The maximum absolute atomic E-state index is 13.7. The van der Waals surface area contributed by atoms with Crippen molar-refractivity contribution in [3.8, 4) is 0 Å². The van der Waals surface area contributed by atoms with E-state index in [1.165, 1.54) is 18.2 Å². The SMILES string of the molecule is O=C(NC1CCCCNC1=O)N[C@@H]1C[C@H]1c1c(F)cccc1F. The molecule has 23 heavy (non-hydrogen) atoms. The van der Waals surface area contributed by atoms with Gasteiger partial charge in [-0.05, 0) is 37.8 Å². The molecule has 1 aromatic rings. The van der Waals surface area contributed by atoms with Crippen molar-refractivity contribution in [2.24, 2.45) is 0 Å². The predicted octanol–water partition coefficient (Wildman–Crippen LogP) is 1.79. The Balaban J connectivity index is 1.55. The largest absolute Gasteiger partial charge is 0.354 e. The van der Waals surface area contributed by atoms with E-state index in [-0.39, 0.29) is 23.4 Å². The Morgan fingerprint density at radius 3 is 2.65 bits per heavy atom. The average Bonchev–Trinajstić information content (AvgIpc) is 3.26. The molecular formula is C16H19F2N3O2. The van der Waals surface area contributed by atoms with Crippen LogP contribution in [0.4, 0.5) is 13.6 Å². The highest BCUT2D eigenvalue weighted by molar-refractivity contribution is 5.87. The van der Waals surface area contributed by atoms with Crippen molar-refractivity contribution in [1.82, 2.24) is 16.0 Å². The molecule has 124 valence electrons. The first kappa shape index (κ1) is 15.7. The van der Waals surface area contributed by atoms with Gasteiger partial charge in [0.2, 0.25) is 5.91 Å². The Labute approximate surface area is 132 Å². The highest BCUT2D eigenvalue weighted by Crippen LogP contribution is 2.43. The average molecular weight is 323 g/mol. The molecule has 1 aliphatic carbocycles. The third-order valence-electron chi connectivity index (χ3n) is 4.32. The molecule has 5 nitrogen and oxygen atoms in total. The Bertz CT molecular complexity index is 603. The smallest absolute Gasteiger partial charge is 0.315 e. The number of nitrogens with one attached hydrogen (secondary N) is 3. The Morgan fingerprint density at radius 2 is 1.91 bits per heavy atom. The van der Waals surface area contributed by atoms with E-state index in [1.807, 2.05) is 0 Å². The van der Waals surface area contributed by atoms with E-state index < -0.39 is 23.7 Å². The van der Waals surface area contributed by atoms with Gasteiger partial charge in [-0.25, -0.2) is 13.6 Å². The standard InChI is InChI=1S/C16H19F2N3O2/c17-10-4-3-5-11(18)14(10)9-8-13(9)21-16(23)20-12-6-1-2-7-19-15(12)22/h3-5,9,12-13H,1-2,6-8H2,(H,19,22)(H2,20,21,23)/t9-,12?,13-/m1/s1. The molecule has 1 heterocycles. The number of hydrogen-bond donors (Lipinski definition) is 3. The summed E-state index contributed by atoms with van der Waals surface area (Å²) < 4.78 is 27.4. The number of halogens is 2. The monoisotopic (exact) mass is 323 g/mol. The molecule has 0 spiro atoms. The van der Waals surface area contributed by atoms with Crippen molar-refractivity contribution in [1.29, 1.82) is 0 Å². The Kier molecular flexibility index (Phi) is 4.45. The van der Waals surface area contributed by atoms with Gasteiger partial charge in [-0.1, -0.05) is 6.07 Å². The second-order valence-corrected chi connectivity index (χ2v) is 6.04. The van der Waals surface area contributed by atoms with Gasteiger partial charge in [0.05, 0.1) is 0 Å². The molecule has 0 bridgehead atoms. The first-order valence-corrected chi connectivity index (χ1v) is 7.85. The van der Waals surface area contributed by atoms with E-state index in [4.69, 9.17) is 0 Å². The molecular weight excluding hydrogens is 304 g/mol. The first-order chi connectivity index (χ1) is 11.1. The van der Waals surface area contributed by atoms with Crippen LogP contribution >= 0.6 is 0 Å². The third kappa shape index (κ3) is 3.60. The second kappa shape index (κ2) is 6.52. The van der Waals surface area contributed by atoms with Crippen LogP contribution in [0.15, 0.2) is 18.2 Å². The van der Waals surface area contributed by atoms with Gasteiger partial charge in [0.15, 0.2) is 0 Å². The fourth-order valence-corrected chi connectivity index (χ4v) is 2.98. The molecule has 3 amide bonds. The molecule has 1 aliphatic heterocycles. The molecule has 1 saturated heterocycles. The summed E-state index contributed by atoms with van der Waals surface area (Å²) in [6, 6.07) is 2.40. The van der Waals surface area contributed by atoms with Gasteiger partial charge in [-0.15, -0.1) is 0 Å². The van der Waals surface area contributed by atoms with Crippen LogP contribution in [0.1, 0.15) is 37.2 Å². The maximum Gasteiger partial charge on any atom is 0.315 e. The molecule has 3 rings (SSSR count). The van der Waals surface area contributed by atoms with Gasteiger partial charge < -0.3 is 16.0 Å². The summed E-state index contributed by atoms with van der Waals surface area (Å²) in [7, 11) is 0. The fraction of sp³-hybridized carbons (Fsp3) is 0.500. The molecule has 2 fully saturated rings. The lowest BCUT2D eigenvalue weighted by Gasteiger charge is -2.16. The second-order valence-electron chi connectivity index (χ2n) is 6.04. The van der Waals surface area contributed by atoms with Gasteiger partial charge >= 0.3 is 6.03 Å². The molecule has 0 radical (unpaired) electrons. The highest BCUT2D eigenvalue weighted by atomic mass is 19.1. The van der Waals surface area contributed by atoms with Gasteiger partial charge in [-0.2, -0.15) is 0 Å². The number of benzene rings is 1. The molecule has 7 heteroatoms. The predicted molar refractivity (Wildman–Crippen MR) is 79.8 cm³/mol. The van der Waals surface area contributed by atoms with Crippen LogP contribution in [0.5, 0.6) is 0 Å². The van der Waals surface area contributed by atoms with Crippen LogP contribution in [0.25, 0.3) is 0 Å².